The first-order chi connectivity index (χ1) is 9.32. The molecule has 0 saturated heterocycles. The van der Waals surface area contributed by atoms with Crippen LogP contribution in [0.4, 0.5) is 8.78 Å². The van der Waals surface area contributed by atoms with Crippen LogP contribution in [-0.2, 0) is 0 Å². The van der Waals surface area contributed by atoms with Gasteiger partial charge in [-0.05, 0) is 39.4 Å². The monoisotopic (exact) mass is 284 g/mol. The van der Waals surface area contributed by atoms with Gasteiger partial charge in [-0.15, -0.1) is 0 Å². The molecule has 0 radical (unpaired) electrons. The van der Waals surface area contributed by atoms with Gasteiger partial charge in [0, 0.05) is 24.2 Å². The highest BCUT2D eigenvalue weighted by atomic mass is 19.2. The third-order valence-electron chi connectivity index (χ3n) is 3.58. The van der Waals surface area contributed by atoms with E-state index in [-0.39, 0.29) is 6.04 Å². The fraction of sp³-hybridized carbons (Fsp3) is 0.625. The maximum Gasteiger partial charge on any atom is 0.163 e. The molecule has 2 atom stereocenters. The van der Waals surface area contributed by atoms with Crippen molar-refractivity contribution in [3.05, 3.63) is 35.4 Å². The standard InChI is InChI=1S/C16H26F2N2/c1-11(2)9-13(20(4)5)10-19-12(3)14-7-6-8-15(17)16(14)18/h6-8,11-13,19H,9-10H2,1-5H3. The Bertz CT molecular complexity index is 419. The van der Waals surface area contributed by atoms with Crippen LogP contribution >= 0.6 is 0 Å². The maximum atomic E-state index is 13.7. The highest BCUT2D eigenvalue weighted by Crippen LogP contribution is 2.19. The Morgan fingerprint density at radius 3 is 2.35 bits per heavy atom. The van der Waals surface area contributed by atoms with Crippen molar-refractivity contribution in [1.29, 1.82) is 0 Å². The Balaban J connectivity index is 2.65. The SMILES string of the molecule is CC(C)CC(CNC(C)c1cccc(F)c1F)N(C)C. The molecule has 0 saturated carbocycles. The summed E-state index contributed by atoms with van der Waals surface area (Å²) in [5.41, 5.74) is 0.382. The van der Waals surface area contributed by atoms with E-state index in [1.807, 2.05) is 21.0 Å². The van der Waals surface area contributed by atoms with E-state index in [4.69, 9.17) is 0 Å². The van der Waals surface area contributed by atoms with Crippen LogP contribution in [0.2, 0.25) is 0 Å². The number of hydrogen-bond acceptors (Lipinski definition) is 2. The molecule has 1 aromatic carbocycles. The maximum absolute atomic E-state index is 13.7. The number of nitrogens with zero attached hydrogens (tertiary/aromatic N) is 1. The molecular formula is C16H26F2N2. The van der Waals surface area contributed by atoms with Crippen molar-refractivity contribution in [3.8, 4) is 0 Å². The molecule has 0 aliphatic heterocycles. The fourth-order valence-electron chi connectivity index (χ4n) is 2.30. The van der Waals surface area contributed by atoms with Crippen LogP contribution in [0.15, 0.2) is 18.2 Å². The zero-order valence-electron chi connectivity index (χ0n) is 13.1. The number of hydrogen-bond donors (Lipinski definition) is 1. The molecule has 0 aliphatic carbocycles. The molecule has 2 unspecified atom stereocenters. The summed E-state index contributed by atoms with van der Waals surface area (Å²) in [5.74, 6) is -0.939. The fourth-order valence-corrected chi connectivity index (χ4v) is 2.30. The van der Waals surface area contributed by atoms with Gasteiger partial charge in [-0.25, -0.2) is 8.78 Å². The number of rotatable bonds is 7. The van der Waals surface area contributed by atoms with E-state index in [9.17, 15) is 8.78 Å². The Labute approximate surface area is 121 Å². The predicted molar refractivity (Wildman–Crippen MR) is 79.7 cm³/mol. The molecule has 0 spiro atoms. The lowest BCUT2D eigenvalue weighted by molar-refractivity contribution is 0.241. The second kappa shape index (κ2) is 7.70. The van der Waals surface area contributed by atoms with E-state index < -0.39 is 11.6 Å². The summed E-state index contributed by atoms with van der Waals surface area (Å²) < 4.78 is 26.9. The number of halogens is 2. The summed E-state index contributed by atoms with van der Waals surface area (Å²) in [4.78, 5) is 2.17. The van der Waals surface area contributed by atoms with Gasteiger partial charge in [0.15, 0.2) is 11.6 Å². The van der Waals surface area contributed by atoms with Crippen LogP contribution in [0.25, 0.3) is 0 Å². The molecule has 114 valence electrons. The van der Waals surface area contributed by atoms with Crippen LogP contribution in [-0.4, -0.2) is 31.6 Å². The first-order valence-electron chi connectivity index (χ1n) is 7.16. The quantitative estimate of drug-likeness (QED) is 0.823. The van der Waals surface area contributed by atoms with Crippen molar-refractivity contribution in [1.82, 2.24) is 10.2 Å². The highest BCUT2D eigenvalue weighted by Gasteiger charge is 2.17. The molecule has 0 aliphatic rings. The topological polar surface area (TPSA) is 15.3 Å². The predicted octanol–water partition coefficient (Wildman–Crippen LogP) is 3.59. The lowest BCUT2D eigenvalue weighted by Crippen LogP contribution is -2.39. The van der Waals surface area contributed by atoms with Crippen molar-refractivity contribution in [2.75, 3.05) is 20.6 Å². The van der Waals surface area contributed by atoms with Crippen molar-refractivity contribution in [2.24, 2.45) is 5.92 Å². The molecule has 0 bridgehead atoms. The third kappa shape index (κ3) is 4.84. The van der Waals surface area contributed by atoms with Crippen LogP contribution in [0.1, 0.15) is 38.8 Å². The number of benzene rings is 1. The third-order valence-corrected chi connectivity index (χ3v) is 3.58. The molecule has 0 amide bonds. The second-order valence-electron chi connectivity index (χ2n) is 6.02. The largest absolute Gasteiger partial charge is 0.309 e. The van der Waals surface area contributed by atoms with Gasteiger partial charge in [0.1, 0.15) is 0 Å². The molecule has 20 heavy (non-hydrogen) atoms. The molecule has 2 nitrogen and oxygen atoms in total. The van der Waals surface area contributed by atoms with Crippen LogP contribution in [0.5, 0.6) is 0 Å². The lowest BCUT2D eigenvalue weighted by atomic mass is 10.0. The molecule has 0 heterocycles. The van der Waals surface area contributed by atoms with E-state index in [0.29, 0.717) is 17.5 Å². The Morgan fingerprint density at radius 1 is 1.15 bits per heavy atom. The first kappa shape index (κ1) is 17.1. The molecule has 0 fully saturated rings. The van der Waals surface area contributed by atoms with Gasteiger partial charge in [-0.1, -0.05) is 26.0 Å². The summed E-state index contributed by atoms with van der Waals surface area (Å²) in [6, 6.07) is 4.49. The van der Waals surface area contributed by atoms with E-state index in [2.05, 4.69) is 24.1 Å². The molecule has 0 aromatic heterocycles. The minimum atomic E-state index is -0.789. The van der Waals surface area contributed by atoms with Gasteiger partial charge in [0.25, 0.3) is 0 Å². The van der Waals surface area contributed by atoms with Crippen LogP contribution < -0.4 is 5.32 Å². The molecule has 1 rings (SSSR count). The minimum Gasteiger partial charge on any atom is -0.309 e. The van der Waals surface area contributed by atoms with Crippen molar-refractivity contribution in [3.63, 3.8) is 0 Å². The number of likely N-dealkylation sites (N-methyl/N-ethyl adjacent to an activating group) is 1. The van der Waals surface area contributed by atoms with E-state index in [0.717, 1.165) is 19.0 Å². The second-order valence-corrected chi connectivity index (χ2v) is 6.02. The Hall–Kier alpha value is -1.00. The summed E-state index contributed by atoms with van der Waals surface area (Å²) in [5, 5.41) is 3.31. The molecular weight excluding hydrogens is 258 g/mol. The zero-order valence-corrected chi connectivity index (χ0v) is 13.1. The van der Waals surface area contributed by atoms with Crippen molar-refractivity contribution in [2.45, 2.75) is 39.3 Å². The average Bonchev–Trinajstić information content (AvgIpc) is 2.36. The number of nitrogens with one attached hydrogen (secondary N) is 1. The lowest BCUT2D eigenvalue weighted by Gasteiger charge is -2.28. The Kier molecular flexibility index (Phi) is 6.56. The van der Waals surface area contributed by atoms with Crippen LogP contribution in [0, 0.1) is 17.6 Å². The van der Waals surface area contributed by atoms with E-state index >= 15 is 0 Å². The van der Waals surface area contributed by atoms with Crippen molar-refractivity contribution >= 4 is 0 Å². The summed E-state index contributed by atoms with van der Waals surface area (Å²) in [7, 11) is 4.09. The van der Waals surface area contributed by atoms with Gasteiger partial charge < -0.3 is 10.2 Å². The van der Waals surface area contributed by atoms with Gasteiger partial charge in [0.05, 0.1) is 0 Å². The van der Waals surface area contributed by atoms with Gasteiger partial charge >= 0.3 is 0 Å². The summed E-state index contributed by atoms with van der Waals surface area (Å²) >= 11 is 0. The smallest absolute Gasteiger partial charge is 0.163 e. The van der Waals surface area contributed by atoms with Gasteiger partial charge in [-0.3, -0.25) is 0 Å². The van der Waals surface area contributed by atoms with Gasteiger partial charge in [-0.2, -0.15) is 0 Å². The molecule has 1 N–H and O–H groups in total. The molecule has 4 heteroatoms. The van der Waals surface area contributed by atoms with E-state index in [1.54, 1.807) is 12.1 Å². The van der Waals surface area contributed by atoms with Crippen LogP contribution in [0.3, 0.4) is 0 Å². The summed E-state index contributed by atoms with van der Waals surface area (Å²) in [6.07, 6.45) is 1.07. The van der Waals surface area contributed by atoms with Gasteiger partial charge in [0.2, 0.25) is 0 Å². The minimum absolute atomic E-state index is 0.208. The Morgan fingerprint density at radius 2 is 1.80 bits per heavy atom. The zero-order chi connectivity index (χ0) is 15.3. The van der Waals surface area contributed by atoms with E-state index in [1.165, 1.54) is 0 Å². The van der Waals surface area contributed by atoms with Crippen molar-refractivity contribution < 1.29 is 8.78 Å². The summed E-state index contributed by atoms with van der Waals surface area (Å²) in [6.45, 7) is 6.99. The normalized spacial score (nSPS) is 14.8. The highest BCUT2D eigenvalue weighted by molar-refractivity contribution is 5.21. The molecule has 1 aromatic rings. The first-order valence-corrected chi connectivity index (χ1v) is 7.16. The average molecular weight is 284 g/mol.